The molecule has 1 N–H and O–H groups in total. The first kappa shape index (κ1) is 21.1. The molecule has 0 unspecified atom stereocenters. The number of hydrogen-bond donors (Lipinski definition) is 1. The minimum Gasteiger partial charge on any atom is -0.366 e. The summed E-state index contributed by atoms with van der Waals surface area (Å²) in [6, 6.07) is 9.52. The fourth-order valence-electron chi connectivity index (χ4n) is 3.29. The van der Waals surface area contributed by atoms with Gasteiger partial charge in [-0.3, -0.25) is 9.69 Å². The summed E-state index contributed by atoms with van der Waals surface area (Å²) in [7, 11) is 0. The lowest BCUT2D eigenvalue weighted by molar-refractivity contribution is -0.137. The highest BCUT2D eigenvalue weighted by atomic mass is 19.4. The normalized spacial score (nSPS) is 15.6. The van der Waals surface area contributed by atoms with E-state index in [4.69, 9.17) is 0 Å². The first-order chi connectivity index (χ1) is 13.7. The zero-order valence-corrected chi connectivity index (χ0v) is 16.5. The number of alkyl halides is 3. The van der Waals surface area contributed by atoms with Crippen molar-refractivity contribution >= 4 is 11.7 Å². The predicted octanol–water partition coefficient (Wildman–Crippen LogP) is 3.88. The largest absolute Gasteiger partial charge is 0.416 e. The number of pyridine rings is 1. The number of nitrogens with one attached hydrogen (secondary N) is 1. The number of rotatable bonds is 5. The Morgan fingerprint density at radius 2 is 1.76 bits per heavy atom. The van der Waals surface area contributed by atoms with Crippen LogP contribution in [-0.4, -0.2) is 52.9 Å². The predicted molar refractivity (Wildman–Crippen MR) is 106 cm³/mol. The fourth-order valence-corrected chi connectivity index (χ4v) is 3.29. The topological polar surface area (TPSA) is 48.5 Å². The van der Waals surface area contributed by atoms with Crippen LogP contribution in [0, 0.1) is 0 Å². The molecular weight excluding hydrogens is 381 g/mol. The van der Waals surface area contributed by atoms with E-state index in [2.05, 4.69) is 29.0 Å². The lowest BCUT2D eigenvalue weighted by atomic mass is 10.1. The molecule has 1 saturated heterocycles. The number of nitrogens with zero attached hydrogens (tertiary/aromatic N) is 3. The van der Waals surface area contributed by atoms with Crippen LogP contribution in [-0.2, 0) is 12.7 Å². The molecule has 0 aliphatic carbocycles. The first-order valence-electron chi connectivity index (χ1n) is 9.63. The Morgan fingerprint density at radius 1 is 1.10 bits per heavy atom. The number of carbonyl (C=O) groups is 1. The van der Waals surface area contributed by atoms with Gasteiger partial charge in [-0.1, -0.05) is 12.1 Å². The Kier molecular flexibility index (Phi) is 6.42. The van der Waals surface area contributed by atoms with Gasteiger partial charge in [0.15, 0.2) is 0 Å². The summed E-state index contributed by atoms with van der Waals surface area (Å²) >= 11 is 0. The number of benzene rings is 1. The van der Waals surface area contributed by atoms with Crippen LogP contribution < -0.4 is 5.32 Å². The molecule has 1 aliphatic heterocycles. The van der Waals surface area contributed by atoms with Crippen molar-refractivity contribution < 1.29 is 18.0 Å². The molecule has 1 amide bonds. The van der Waals surface area contributed by atoms with E-state index in [0.717, 1.165) is 37.0 Å². The van der Waals surface area contributed by atoms with Crippen LogP contribution in [0.25, 0.3) is 0 Å². The maximum absolute atomic E-state index is 12.8. The molecule has 156 valence electrons. The molecule has 1 fully saturated rings. The highest BCUT2D eigenvalue weighted by Crippen LogP contribution is 2.30. The van der Waals surface area contributed by atoms with Gasteiger partial charge in [-0.15, -0.1) is 0 Å². The van der Waals surface area contributed by atoms with E-state index < -0.39 is 11.7 Å². The van der Waals surface area contributed by atoms with Crippen LogP contribution in [0.15, 0.2) is 42.6 Å². The Balaban J connectivity index is 1.56. The van der Waals surface area contributed by atoms with Crippen LogP contribution in [0.2, 0.25) is 0 Å². The molecule has 29 heavy (non-hydrogen) atoms. The van der Waals surface area contributed by atoms with Gasteiger partial charge in [-0.25, -0.2) is 4.98 Å². The SMILES string of the molecule is CC(C)N1CCN(C(=O)c2ccc(CNc3cc(C(F)(F)F)ccn3)cc2)CC1. The van der Waals surface area contributed by atoms with Crippen LogP contribution in [0.3, 0.4) is 0 Å². The molecule has 5 nitrogen and oxygen atoms in total. The molecule has 1 aromatic carbocycles. The zero-order valence-electron chi connectivity index (χ0n) is 16.5. The summed E-state index contributed by atoms with van der Waals surface area (Å²) in [6.07, 6.45) is -3.27. The number of carbonyl (C=O) groups excluding carboxylic acids is 1. The van der Waals surface area contributed by atoms with Gasteiger partial charge in [-0.05, 0) is 43.7 Å². The van der Waals surface area contributed by atoms with E-state index in [0.29, 0.717) is 31.2 Å². The van der Waals surface area contributed by atoms with Crippen molar-refractivity contribution in [3.8, 4) is 0 Å². The van der Waals surface area contributed by atoms with Gasteiger partial charge in [0, 0.05) is 50.5 Å². The van der Waals surface area contributed by atoms with Gasteiger partial charge in [0.2, 0.25) is 0 Å². The summed E-state index contributed by atoms with van der Waals surface area (Å²) in [6.45, 7) is 7.78. The van der Waals surface area contributed by atoms with E-state index >= 15 is 0 Å². The lowest BCUT2D eigenvalue weighted by Gasteiger charge is -2.37. The second-order valence-electron chi connectivity index (χ2n) is 7.40. The van der Waals surface area contributed by atoms with Crippen molar-refractivity contribution in [1.82, 2.24) is 14.8 Å². The lowest BCUT2D eigenvalue weighted by Crippen LogP contribution is -2.50. The number of aromatic nitrogens is 1. The summed E-state index contributed by atoms with van der Waals surface area (Å²) in [4.78, 5) is 20.8. The second kappa shape index (κ2) is 8.82. The van der Waals surface area contributed by atoms with Crippen molar-refractivity contribution in [1.29, 1.82) is 0 Å². The zero-order chi connectivity index (χ0) is 21.0. The molecule has 3 rings (SSSR count). The number of hydrogen-bond acceptors (Lipinski definition) is 4. The second-order valence-corrected chi connectivity index (χ2v) is 7.40. The van der Waals surface area contributed by atoms with Gasteiger partial charge in [0.1, 0.15) is 5.82 Å². The quantitative estimate of drug-likeness (QED) is 0.819. The van der Waals surface area contributed by atoms with Gasteiger partial charge in [-0.2, -0.15) is 13.2 Å². The number of amides is 1. The Hall–Kier alpha value is -2.61. The highest BCUT2D eigenvalue weighted by Gasteiger charge is 2.30. The monoisotopic (exact) mass is 406 g/mol. The molecule has 0 bridgehead atoms. The van der Waals surface area contributed by atoms with E-state index in [1.165, 1.54) is 0 Å². The molecule has 0 radical (unpaired) electrons. The van der Waals surface area contributed by atoms with Crippen molar-refractivity contribution in [2.45, 2.75) is 32.6 Å². The average molecular weight is 406 g/mol. The van der Waals surface area contributed by atoms with E-state index in [1.54, 1.807) is 24.3 Å². The molecule has 0 saturated carbocycles. The number of anilines is 1. The Labute approximate surface area is 168 Å². The summed E-state index contributed by atoms with van der Waals surface area (Å²) < 4.78 is 38.3. The smallest absolute Gasteiger partial charge is 0.366 e. The summed E-state index contributed by atoms with van der Waals surface area (Å²) in [5.74, 6) is 0.162. The molecular formula is C21H25F3N4O. The third-order valence-electron chi connectivity index (χ3n) is 5.09. The van der Waals surface area contributed by atoms with Crippen molar-refractivity contribution in [3.63, 3.8) is 0 Å². The van der Waals surface area contributed by atoms with Gasteiger partial charge in [0.25, 0.3) is 5.91 Å². The van der Waals surface area contributed by atoms with Crippen molar-refractivity contribution in [2.24, 2.45) is 0 Å². The molecule has 2 aromatic rings. The molecule has 1 aromatic heterocycles. The maximum Gasteiger partial charge on any atom is 0.416 e. The first-order valence-corrected chi connectivity index (χ1v) is 9.63. The Bertz CT molecular complexity index is 829. The average Bonchev–Trinajstić information content (AvgIpc) is 2.72. The molecule has 2 heterocycles. The molecule has 8 heteroatoms. The van der Waals surface area contributed by atoms with E-state index in [9.17, 15) is 18.0 Å². The third kappa shape index (κ3) is 5.47. The van der Waals surface area contributed by atoms with Crippen molar-refractivity contribution in [2.75, 3.05) is 31.5 Å². The summed E-state index contributed by atoms with van der Waals surface area (Å²) in [5, 5.41) is 2.89. The molecule has 1 aliphatic rings. The molecule has 0 spiro atoms. The van der Waals surface area contributed by atoms with E-state index in [1.807, 2.05) is 4.90 Å². The highest BCUT2D eigenvalue weighted by molar-refractivity contribution is 5.94. The van der Waals surface area contributed by atoms with E-state index in [-0.39, 0.29) is 11.7 Å². The minimum absolute atomic E-state index is 0.00691. The maximum atomic E-state index is 12.8. The van der Waals surface area contributed by atoms with Crippen LogP contribution in [0.4, 0.5) is 19.0 Å². The van der Waals surface area contributed by atoms with Gasteiger partial charge >= 0.3 is 6.18 Å². The van der Waals surface area contributed by atoms with Crippen LogP contribution >= 0.6 is 0 Å². The van der Waals surface area contributed by atoms with Crippen molar-refractivity contribution in [3.05, 3.63) is 59.3 Å². The number of piperazine rings is 1. The van der Waals surface area contributed by atoms with Gasteiger partial charge in [0.05, 0.1) is 5.56 Å². The van der Waals surface area contributed by atoms with Gasteiger partial charge < -0.3 is 10.2 Å². The standard InChI is InChI=1S/C21H25F3N4O/c1-15(2)27-9-11-28(12-10-27)20(29)17-5-3-16(4-6-17)14-26-19-13-18(7-8-25-19)21(22,23)24/h3-8,13,15H,9-12,14H2,1-2H3,(H,25,26). The third-order valence-corrected chi connectivity index (χ3v) is 5.09. The minimum atomic E-state index is -4.40. The van der Waals surface area contributed by atoms with Crippen LogP contribution in [0.5, 0.6) is 0 Å². The fraction of sp³-hybridized carbons (Fsp3) is 0.429. The summed E-state index contributed by atoms with van der Waals surface area (Å²) in [5.41, 5.74) is 0.725. The number of halogens is 3. The van der Waals surface area contributed by atoms with Crippen LogP contribution in [0.1, 0.15) is 35.3 Å². The Morgan fingerprint density at radius 3 is 2.34 bits per heavy atom. The molecule has 0 atom stereocenters.